The summed E-state index contributed by atoms with van der Waals surface area (Å²) < 4.78 is 0. The van der Waals surface area contributed by atoms with Gasteiger partial charge in [0.2, 0.25) is 5.91 Å². The van der Waals surface area contributed by atoms with Crippen molar-refractivity contribution in [3.05, 3.63) is 34.9 Å². The topological polar surface area (TPSA) is 60.8 Å². The third-order valence-corrected chi connectivity index (χ3v) is 4.13. The molecule has 2 aliphatic rings. The number of rotatable bonds is 2. The zero-order valence-corrected chi connectivity index (χ0v) is 10.9. The Labute approximate surface area is 112 Å². The van der Waals surface area contributed by atoms with Crippen molar-refractivity contribution in [1.82, 2.24) is 4.90 Å². The van der Waals surface area contributed by atoms with E-state index in [1.54, 1.807) is 4.90 Å². The van der Waals surface area contributed by atoms with Gasteiger partial charge in [0.25, 0.3) is 0 Å². The Morgan fingerprint density at radius 1 is 1.16 bits per heavy atom. The zero-order chi connectivity index (χ0) is 13.4. The largest absolute Gasteiger partial charge is 0.388 e. The van der Waals surface area contributed by atoms with E-state index >= 15 is 0 Å². The molecule has 4 nitrogen and oxygen atoms in total. The molecule has 4 heteroatoms. The van der Waals surface area contributed by atoms with Crippen molar-refractivity contribution in [1.29, 1.82) is 0 Å². The molecule has 1 aromatic rings. The zero-order valence-electron chi connectivity index (χ0n) is 10.9. The lowest BCUT2D eigenvalue weighted by Crippen LogP contribution is -2.31. The summed E-state index contributed by atoms with van der Waals surface area (Å²) in [6.07, 6.45) is 2.21. The van der Waals surface area contributed by atoms with Crippen molar-refractivity contribution in [2.24, 2.45) is 0 Å². The molecule has 1 aliphatic heterocycles. The summed E-state index contributed by atoms with van der Waals surface area (Å²) in [5.41, 5.74) is 3.80. The molecule has 2 atom stereocenters. The van der Waals surface area contributed by atoms with Gasteiger partial charge in [-0.15, -0.1) is 0 Å². The van der Waals surface area contributed by atoms with Crippen LogP contribution in [0.25, 0.3) is 0 Å². The van der Waals surface area contributed by atoms with Crippen LogP contribution in [-0.2, 0) is 24.1 Å². The van der Waals surface area contributed by atoms with Crippen molar-refractivity contribution in [3.63, 3.8) is 0 Å². The van der Waals surface area contributed by atoms with E-state index in [0.717, 1.165) is 18.4 Å². The molecule has 0 unspecified atom stereocenters. The first-order valence-electron chi connectivity index (χ1n) is 6.88. The van der Waals surface area contributed by atoms with E-state index in [-0.39, 0.29) is 19.0 Å². The van der Waals surface area contributed by atoms with Crippen LogP contribution < -0.4 is 0 Å². The van der Waals surface area contributed by atoms with Gasteiger partial charge in [0.05, 0.1) is 18.6 Å². The average molecular weight is 261 g/mol. The predicted molar refractivity (Wildman–Crippen MR) is 70.8 cm³/mol. The number of likely N-dealkylation sites (tertiary alicyclic amines) is 1. The number of benzene rings is 1. The highest BCUT2D eigenvalue weighted by Crippen LogP contribution is 2.23. The van der Waals surface area contributed by atoms with E-state index < -0.39 is 12.2 Å². The summed E-state index contributed by atoms with van der Waals surface area (Å²) in [4.78, 5) is 13.7. The molecule has 1 aliphatic carbocycles. The van der Waals surface area contributed by atoms with Gasteiger partial charge in [-0.2, -0.15) is 0 Å². The second kappa shape index (κ2) is 4.94. The van der Waals surface area contributed by atoms with Gasteiger partial charge in [0, 0.05) is 13.1 Å². The van der Waals surface area contributed by atoms with Gasteiger partial charge in [-0.25, -0.2) is 0 Å². The van der Waals surface area contributed by atoms with Crippen LogP contribution >= 0.6 is 0 Å². The SMILES string of the molecule is O=C(Cc1ccc2c(c1)CCC2)N1C[C@@H](O)[C@@H](O)C1. The number of hydrogen-bond acceptors (Lipinski definition) is 3. The highest BCUT2D eigenvalue weighted by atomic mass is 16.3. The summed E-state index contributed by atoms with van der Waals surface area (Å²) in [6, 6.07) is 6.27. The van der Waals surface area contributed by atoms with Crippen molar-refractivity contribution in [2.45, 2.75) is 37.9 Å². The minimum atomic E-state index is -0.802. The van der Waals surface area contributed by atoms with E-state index in [1.165, 1.54) is 17.5 Å². The van der Waals surface area contributed by atoms with E-state index in [4.69, 9.17) is 0 Å². The molecule has 1 saturated heterocycles. The van der Waals surface area contributed by atoms with Gasteiger partial charge < -0.3 is 15.1 Å². The fourth-order valence-electron chi connectivity index (χ4n) is 2.99. The Morgan fingerprint density at radius 2 is 1.84 bits per heavy atom. The molecule has 0 aromatic heterocycles. The monoisotopic (exact) mass is 261 g/mol. The second-order valence-corrected chi connectivity index (χ2v) is 5.57. The van der Waals surface area contributed by atoms with Crippen LogP contribution in [0.4, 0.5) is 0 Å². The molecule has 102 valence electrons. The van der Waals surface area contributed by atoms with Crippen LogP contribution in [0.5, 0.6) is 0 Å². The summed E-state index contributed by atoms with van der Waals surface area (Å²) in [5, 5.41) is 18.9. The Kier molecular flexibility index (Phi) is 3.29. The number of nitrogens with zero attached hydrogens (tertiary/aromatic N) is 1. The molecule has 1 amide bonds. The number of aliphatic hydroxyl groups excluding tert-OH is 2. The van der Waals surface area contributed by atoms with Crippen molar-refractivity contribution < 1.29 is 15.0 Å². The maximum Gasteiger partial charge on any atom is 0.227 e. The van der Waals surface area contributed by atoms with Crippen molar-refractivity contribution in [3.8, 4) is 0 Å². The lowest BCUT2D eigenvalue weighted by Gasteiger charge is -2.15. The van der Waals surface area contributed by atoms with Crippen molar-refractivity contribution in [2.75, 3.05) is 13.1 Å². The van der Waals surface area contributed by atoms with Crippen LogP contribution in [0.2, 0.25) is 0 Å². The average Bonchev–Trinajstić information content (AvgIpc) is 2.96. The third kappa shape index (κ3) is 2.51. The summed E-state index contributed by atoms with van der Waals surface area (Å²) in [6.45, 7) is 0.482. The number of fused-ring (bicyclic) bond motifs is 1. The molecular weight excluding hydrogens is 242 g/mol. The van der Waals surface area contributed by atoms with Gasteiger partial charge in [-0.05, 0) is 36.0 Å². The molecule has 0 radical (unpaired) electrons. The molecular formula is C15H19NO3. The van der Waals surface area contributed by atoms with E-state index in [0.29, 0.717) is 6.42 Å². The Hall–Kier alpha value is -1.39. The molecule has 1 fully saturated rings. The first-order valence-corrected chi connectivity index (χ1v) is 6.88. The Balaban J connectivity index is 1.67. The first-order chi connectivity index (χ1) is 9.13. The first kappa shape index (κ1) is 12.6. The molecule has 3 rings (SSSR count). The van der Waals surface area contributed by atoms with Gasteiger partial charge >= 0.3 is 0 Å². The number of aliphatic hydroxyl groups is 2. The molecule has 19 heavy (non-hydrogen) atoms. The number of carbonyl (C=O) groups is 1. The quantitative estimate of drug-likeness (QED) is 0.804. The summed E-state index contributed by atoms with van der Waals surface area (Å²) >= 11 is 0. The van der Waals surface area contributed by atoms with Crippen LogP contribution in [0.15, 0.2) is 18.2 Å². The maximum atomic E-state index is 12.1. The molecule has 1 aromatic carbocycles. The van der Waals surface area contributed by atoms with Crippen LogP contribution in [0.1, 0.15) is 23.1 Å². The predicted octanol–water partition coefficient (Wildman–Crippen LogP) is 0.282. The van der Waals surface area contributed by atoms with Crippen LogP contribution in [0.3, 0.4) is 0 Å². The molecule has 1 heterocycles. The Bertz CT molecular complexity index is 490. The fraction of sp³-hybridized carbons (Fsp3) is 0.533. The standard InChI is InChI=1S/C15H19NO3/c17-13-8-16(9-14(13)18)15(19)7-10-4-5-11-2-1-3-12(11)6-10/h4-6,13-14,17-18H,1-3,7-9H2/t13-,14+. The number of aryl methyl sites for hydroxylation is 2. The van der Waals surface area contributed by atoms with E-state index in [9.17, 15) is 15.0 Å². The van der Waals surface area contributed by atoms with Gasteiger partial charge in [0.15, 0.2) is 0 Å². The molecule has 0 saturated carbocycles. The van der Waals surface area contributed by atoms with Crippen molar-refractivity contribution >= 4 is 5.91 Å². The lowest BCUT2D eigenvalue weighted by atomic mass is 10.0. The van der Waals surface area contributed by atoms with Crippen LogP contribution in [-0.4, -0.2) is 46.3 Å². The summed E-state index contributed by atoms with van der Waals surface area (Å²) in [5.74, 6) is -0.0199. The minimum absolute atomic E-state index is 0.0199. The van der Waals surface area contributed by atoms with E-state index in [1.807, 2.05) is 6.07 Å². The van der Waals surface area contributed by atoms with E-state index in [2.05, 4.69) is 12.1 Å². The fourth-order valence-corrected chi connectivity index (χ4v) is 2.99. The lowest BCUT2D eigenvalue weighted by molar-refractivity contribution is -0.129. The van der Waals surface area contributed by atoms with Gasteiger partial charge in [0.1, 0.15) is 0 Å². The highest BCUT2D eigenvalue weighted by Gasteiger charge is 2.32. The summed E-state index contributed by atoms with van der Waals surface area (Å²) in [7, 11) is 0. The second-order valence-electron chi connectivity index (χ2n) is 5.57. The molecule has 2 N–H and O–H groups in total. The number of amides is 1. The Morgan fingerprint density at radius 3 is 2.58 bits per heavy atom. The molecule has 0 spiro atoms. The number of carbonyl (C=O) groups excluding carboxylic acids is 1. The number of β-amino-alcohol motifs (C(OH)–C–C–N with tert-alkyl or cyclic N) is 2. The van der Waals surface area contributed by atoms with Gasteiger partial charge in [-0.1, -0.05) is 18.2 Å². The van der Waals surface area contributed by atoms with Gasteiger partial charge in [-0.3, -0.25) is 4.79 Å². The maximum absolute atomic E-state index is 12.1. The highest BCUT2D eigenvalue weighted by molar-refractivity contribution is 5.79. The smallest absolute Gasteiger partial charge is 0.227 e. The minimum Gasteiger partial charge on any atom is -0.388 e. The number of hydrogen-bond donors (Lipinski definition) is 2. The van der Waals surface area contributed by atoms with Crippen LogP contribution in [0, 0.1) is 0 Å². The normalized spacial score (nSPS) is 25.7. The third-order valence-electron chi connectivity index (χ3n) is 4.13. The molecule has 0 bridgehead atoms.